The van der Waals surface area contributed by atoms with E-state index < -0.39 is 0 Å². The van der Waals surface area contributed by atoms with Crippen LogP contribution in [0, 0.1) is 0 Å². The molecule has 1 atom stereocenters. The van der Waals surface area contributed by atoms with Gasteiger partial charge in [-0.2, -0.15) is 0 Å². The molecule has 1 fully saturated rings. The Morgan fingerprint density at radius 3 is 2.61 bits per heavy atom. The van der Waals surface area contributed by atoms with Crippen LogP contribution in [0.5, 0.6) is 0 Å². The summed E-state index contributed by atoms with van der Waals surface area (Å²) in [6.45, 7) is 4.18. The summed E-state index contributed by atoms with van der Waals surface area (Å²) in [6.07, 6.45) is 3.74. The van der Waals surface area contributed by atoms with Gasteiger partial charge in [-0.3, -0.25) is 4.79 Å². The number of anilines is 1. The Morgan fingerprint density at radius 1 is 1.28 bits per heavy atom. The lowest BCUT2D eigenvalue weighted by Gasteiger charge is -2.28. The van der Waals surface area contributed by atoms with Crippen molar-refractivity contribution in [3.63, 3.8) is 0 Å². The van der Waals surface area contributed by atoms with Gasteiger partial charge < -0.3 is 10.2 Å². The van der Waals surface area contributed by atoms with Gasteiger partial charge in [-0.15, -0.1) is 0 Å². The molecule has 1 amide bonds. The first-order valence-electron chi connectivity index (χ1n) is 6.58. The Bertz CT molecular complexity index is 416. The molecule has 98 valence electrons. The van der Waals surface area contributed by atoms with Crippen molar-refractivity contribution >= 4 is 23.2 Å². The summed E-state index contributed by atoms with van der Waals surface area (Å²) >= 11 is 6.04. The number of rotatable bonds is 3. The molecule has 4 heteroatoms. The second-order valence-corrected chi connectivity index (χ2v) is 5.32. The topological polar surface area (TPSA) is 33.5 Å². The maximum Gasteiger partial charge on any atom is 0.282 e. The molecule has 2 rings (SSSR count). The van der Waals surface area contributed by atoms with Gasteiger partial charge in [-0.1, -0.05) is 23.7 Å². The summed E-state index contributed by atoms with van der Waals surface area (Å²) in [4.78, 5) is 13.6. The molecule has 1 saturated heterocycles. The number of piperidine rings is 1. The molecule has 18 heavy (non-hydrogen) atoms. The number of hydrogen-bond donors (Lipinski definition) is 2. The van der Waals surface area contributed by atoms with Crippen LogP contribution in [-0.4, -0.2) is 25.0 Å². The highest BCUT2D eigenvalue weighted by molar-refractivity contribution is 6.33. The maximum absolute atomic E-state index is 12.2. The Balaban J connectivity index is 1.97. The number of carbonyl (C=O) groups is 1. The summed E-state index contributed by atoms with van der Waals surface area (Å²) in [5.74, 6) is 0.0556. The van der Waals surface area contributed by atoms with Gasteiger partial charge in [0.05, 0.1) is 23.8 Å². The van der Waals surface area contributed by atoms with E-state index in [1.54, 1.807) is 6.07 Å². The summed E-state index contributed by atoms with van der Waals surface area (Å²) in [5, 5.41) is 3.51. The zero-order valence-corrected chi connectivity index (χ0v) is 11.5. The van der Waals surface area contributed by atoms with Crippen molar-refractivity contribution in [3.05, 3.63) is 29.3 Å². The summed E-state index contributed by atoms with van der Waals surface area (Å²) in [7, 11) is 0. The molecule has 0 saturated carbocycles. The summed E-state index contributed by atoms with van der Waals surface area (Å²) < 4.78 is 0. The Morgan fingerprint density at radius 2 is 1.94 bits per heavy atom. The minimum absolute atomic E-state index is 0.0124. The molecule has 1 heterocycles. The van der Waals surface area contributed by atoms with Crippen LogP contribution in [0.1, 0.15) is 26.2 Å². The smallest absolute Gasteiger partial charge is 0.282 e. The quantitative estimate of drug-likeness (QED) is 0.859. The fourth-order valence-corrected chi connectivity index (χ4v) is 2.61. The molecule has 0 aromatic heterocycles. The highest BCUT2D eigenvalue weighted by Gasteiger charge is 2.26. The minimum atomic E-state index is -0.0124. The molecular formula is C14H20ClN2O+. The van der Waals surface area contributed by atoms with E-state index in [4.69, 9.17) is 11.6 Å². The molecule has 1 aliphatic heterocycles. The molecule has 0 bridgehead atoms. The number of likely N-dealkylation sites (tertiary alicyclic amines) is 1. The Hall–Kier alpha value is -1.06. The van der Waals surface area contributed by atoms with Gasteiger partial charge >= 0.3 is 0 Å². The molecule has 1 aromatic rings. The number of halogens is 1. The average Bonchev–Trinajstić information content (AvgIpc) is 2.41. The van der Waals surface area contributed by atoms with Crippen LogP contribution in [0.4, 0.5) is 5.69 Å². The summed E-state index contributed by atoms with van der Waals surface area (Å²) in [6, 6.07) is 7.34. The third kappa shape index (κ3) is 3.24. The molecule has 0 unspecified atom stereocenters. The van der Waals surface area contributed by atoms with Gasteiger partial charge in [-0.25, -0.2) is 0 Å². The van der Waals surface area contributed by atoms with Gasteiger partial charge in [0.1, 0.15) is 0 Å². The highest BCUT2D eigenvalue weighted by Crippen LogP contribution is 2.20. The lowest BCUT2D eigenvalue weighted by atomic mass is 10.1. The van der Waals surface area contributed by atoms with Crippen molar-refractivity contribution in [1.29, 1.82) is 0 Å². The van der Waals surface area contributed by atoms with E-state index in [2.05, 4.69) is 5.32 Å². The van der Waals surface area contributed by atoms with Crippen LogP contribution >= 0.6 is 11.6 Å². The standard InChI is InChI=1S/C14H19ClN2O/c1-11(17-9-5-2-6-10-17)14(18)16-13-8-4-3-7-12(13)15/h3-4,7-8,11H,2,5-6,9-10H2,1H3,(H,16,18)/p+1/t11-/m0/s1. The van der Waals surface area contributed by atoms with Crippen LogP contribution in [0.2, 0.25) is 5.02 Å². The lowest BCUT2D eigenvalue weighted by Crippen LogP contribution is -3.17. The van der Waals surface area contributed by atoms with Crippen LogP contribution in [0.3, 0.4) is 0 Å². The van der Waals surface area contributed by atoms with Crippen molar-refractivity contribution in [2.75, 3.05) is 18.4 Å². The normalized spacial score (nSPS) is 18.3. The van der Waals surface area contributed by atoms with Crippen LogP contribution in [-0.2, 0) is 4.79 Å². The molecule has 2 N–H and O–H groups in total. The van der Waals surface area contributed by atoms with Gasteiger partial charge in [-0.05, 0) is 38.3 Å². The zero-order chi connectivity index (χ0) is 13.0. The fourth-order valence-electron chi connectivity index (χ4n) is 2.43. The van der Waals surface area contributed by atoms with Crippen molar-refractivity contribution in [2.45, 2.75) is 32.2 Å². The van der Waals surface area contributed by atoms with Crippen molar-refractivity contribution < 1.29 is 9.69 Å². The third-order valence-electron chi connectivity index (χ3n) is 3.63. The average molecular weight is 268 g/mol. The molecule has 1 aliphatic rings. The first kappa shape index (κ1) is 13.4. The number of nitrogens with one attached hydrogen (secondary N) is 2. The van der Waals surface area contributed by atoms with E-state index in [1.807, 2.05) is 25.1 Å². The number of carbonyl (C=O) groups excluding carboxylic acids is 1. The molecule has 0 spiro atoms. The van der Waals surface area contributed by atoms with E-state index in [1.165, 1.54) is 24.2 Å². The van der Waals surface area contributed by atoms with Crippen molar-refractivity contribution in [3.8, 4) is 0 Å². The van der Waals surface area contributed by atoms with Crippen LogP contribution in [0.25, 0.3) is 0 Å². The number of amides is 1. The SMILES string of the molecule is C[C@@H](C(=O)Nc1ccccc1Cl)[NH+]1CCCCC1. The van der Waals surface area contributed by atoms with Gasteiger partial charge in [0.15, 0.2) is 6.04 Å². The molecular weight excluding hydrogens is 248 g/mol. The third-order valence-corrected chi connectivity index (χ3v) is 3.96. The van der Waals surface area contributed by atoms with E-state index >= 15 is 0 Å². The number of quaternary nitrogens is 1. The highest BCUT2D eigenvalue weighted by atomic mass is 35.5. The van der Waals surface area contributed by atoms with Crippen molar-refractivity contribution in [1.82, 2.24) is 0 Å². The molecule has 0 radical (unpaired) electrons. The van der Waals surface area contributed by atoms with E-state index in [0.717, 1.165) is 13.1 Å². The Kier molecular flexibility index (Phi) is 4.61. The van der Waals surface area contributed by atoms with Gasteiger partial charge in [0.25, 0.3) is 5.91 Å². The molecule has 1 aromatic carbocycles. The second-order valence-electron chi connectivity index (χ2n) is 4.91. The van der Waals surface area contributed by atoms with Crippen LogP contribution < -0.4 is 10.2 Å². The zero-order valence-electron chi connectivity index (χ0n) is 10.7. The van der Waals surface area contributed by atoms with Crippen LogP contribution in [0.15, 0.2) is 24.3 Å². The van der Waals surface area contributed by atoms with E-state index in [9.17, 15) is 4.79 Å². The molecule has 0 aliphatic carbocycles. The monoisotopic (exact) mass is 267 g/mol. The molecule has 3 nitrogen and oxygen atoms in total. The first-order valence-corrected chi connectivity index (χ1v) is 6.96. The number of benzene rings is 1. The minimum Gasteiger partial charge on any atom is -0.325 e. The number of para-hydroxylation sites is 1. The van der Waals surface area contributed by atoms with Crippen molar-refractivity contribution in [2.24, 2.45) is 0 Å². The van der Waals surface area contributed by atoms with E-state index in [0.29, 0.717) is 10.7 Å². The lowest BCUT2D eigenvalue weighted by molar-refractivity contribution is -0.918. The predicted molar refractivity (Wildman–Crippen MR) is 74.1 cm³/mol. The largest absolute Gasteiger partial charge is 0.325 e. The Labute approximate surface area is 113 Å². The fraction of sp³-hybridized carbons (Fsp3) is 0.500. The van der Waals surface area contributed by atoms with Gasteiger partial charge in [0, 0.05) is 0 Å². The maximum atomic E-state index is 12.2. The summed E-state index contributed by atoms with van der Waals surface area (Å²) in [5.41, 5.74) is 0.701. The first-order chi connectivity index (χ1) is 8.68. The predicted octanol–water partition coefficient (Wildman–Crippen LogP) is 1.74. The number of hydrogen-bond acceptors (Lipinski definition) is 1. The van der Waals surface area contributed by atoms with Gasteiger partial charge in [0.2, 0.25) is 0 Å². The van der Waals surface area contributed by atoms with E-state index in [-0.39, 0.29) is 11.9 Å². The second kappa shape index (κ2) is 6.21.